The van der Waals surface area contributed by atoms with E-state index in [0.29, 0.717) is 32.8 Å². The summed E-state index contributed by atoms with van der Waals surface area (Å²) in [6.45, 7) is 4.45. The minimum Gasteiger partial charge on any atom is -0.390 e. The Hall–Kier alpha value is -1.89. The van der Waals surface area contributed by atoms with Gasteiger partial charge in [-0.2, -0.15) is 0 Å². The minimum atomic E-state index is -0.492. The van der Waals surface area contributed by atoms with E-state index < -0.39 is 6.10 Å². The van der Waals surface area contributed by atoms with Crippen LogP contribution in [0.1, 0.15) is 5.56 Å². The number of hydrogen-bond acceptors (Lipinski definition) is 4. The number of rotatable bonds is 4. The van der Waals surface area contributed by atoms with E-state index in [0.717, 1.165) is 18.7 Å². The maximum Gasteiger partial charge on any atom is 0.317 e. The Labute approximate surface area is 142 Å². The van der Waals surface area contributed by atoms with Gasteiger partial charge in [0.1, 0.15) is 0 Å². The van der Waals surface area contributed by atoms with Crippen LogP contribution in [0, 0.1) is 0 Å². The number of ether oxygens (including phenoxy) is 1. The number of urea groups is 1. The summed E-state index contributed by atoms with van der Waals surface area (Å²) < 4.78 is 5.35. The van der Waals surface area contributed by atoms with E-state index >= 15 is 0 Å². The van der Waals surface area contributed by atoms with Crippen molar-refractivity contribution < 1.29 is 14.6 Å². The molecule has 2 aliphatic rings. The van der Waals surface area contributed by atoms with Crippen LogP contribution in [0.4, 0.5) is 4.79 Å². The van der Waals surface area contributed by atoms with Crippen molar-refractivity contribution in [2.24, 2.45) is 0 Å². The lowest BCUT2D eigenvalue weighted by molar-refractivity contribution is -0.00607. The van der Waals surface area contributed by atoms with Gasteiger partial charge in [0.2, 0.25) is 0 Å². The monoisotopic (exact) mass is 331 g/mol. The zero-order valence-electron chi connectivity index (χ0n) is 13.8. The Kier molecular flexibility index (Phi) is 5.85. The standard InChI is InChI=1S/C18H25N3O3/c22-17-14-21(13-16(17)20-9-11-24-12-10-20)18(23)19-8-4-7-15-5-2-1-3-6-15/h1-7,16-17,22H,8-14H2,(H,19,23)/t16-,17-/m0/s1. The highest BCUT2D eigenvalue weighted by Crippen LogP contribution is 2.17. The van der Waals surface area contributed by atoms with Crippen molar-refractivity contribution >= 4 is 12.1 Å². The van der Waals surface area contributed by atoms with Gasteiger partial charge in [-0.15, -0.1) is 0 Å². The third-order valence-electron chi connectivity index (χ3n) is 4.54. The molecule has 3 rings (SSSR count). The molecule has 2 amide bonds. The van der Waals surface area contributed by atoms with Crippen molar-refractivity contribution in [2.75, 3.05) is 45.9 Å². The fourth-order valence-corrected chi connectivity index (χ4v) is 3.22. The molecule has 6 nitrogen and oxygen atoms in total. The van der Waals surface area contributed by atoms with Gasteiger partial charge in [0.15, 0.2) is 0 Å². The highest BCUT2D eigenvalue weighted by molar-refractivity contribution is 5.75. The molecule has 2 saturated heterocycles. The van der Waals surface area contributed by atoms with Crippen LogP contribution < -0.4 is 5.32 Å². The molecule has 1 aromatic carbocycles. The fraction of sp³-hybridized carbons (Fsp3) is 0.500. The lowest BCUT2D eigenvalue weighted by Gasteiger charge is -2.33. The third kappa shape index (κ3) is 4.35. The number of carbonyl (C=O) groups excluding carboxylic acids is 1. The smallest absolute Gasteiger partial charge is 0.317 e. The molecular weight excluding hydrogens is 306 g/mol. The first-order valence-electron chi connectivity index (χ1n) is 8.48. The van der Waals surface area contributed by atoms with Gasteiger partial charge in [-0.05, 0) is 5.56 Å². The van der Waals surface area contributed by atoms with Crippen molar-refractivity contribution in [3.63, 3.8) is 0 Å². The normalized spacial score (nSPS) is 25.3. The van der Waals surface area contributed by atoms with Crippen molar-refractivity contribution in [3.05, 3.63) is 42.0 Å². The summed E-state index contributed by atoms with van der Waals surface area (Å²) in [5.74, 6) is 0. The fourth-order valence-electron chi connectivity index (χ4n) is 3.22. The van der Waals surface area contributed by atoms with E-state index in [2.05, 4.69) is 10.2 Å². The molecule has 24 heavy (non-hydrogen) atoms. The number of benzene rings is 1. The van der Waals surface area contributed by atoms with Crippen molar-refractivity contribution in [3.8, 4) is 0 Å². The summed E-state index contributed by atoms with van der Waals surface area (Å²) in [6.07, 6.45) is 3.42. The first-order valence-corrected chi connectivity index (χ1v) is 8.48. The van der Waals surface area contributed by atoms with Crippen molar-refractivity contribution in [2.45, 2.75) is 12.1 Å². The summed E-state index contributed by atoms with van der Waals surface area (Å²) in [5, 5.41) is 13.1. The largest absolute Gasteiger partial charge is 0.390 e. The molecule has 6 heteroatoms. The van der Waals surface area contributed by atoms with Gasteiger partial charge in [0, 0.05) is 32.7 Å². The molecule has 0 saturated carbocycles. The van der Waals surface area contributed by atoms with Gasteiger partial charge in [0.05, 0.1) is 25.4 Å². The van der Waals surface area contributed by atoms with Crippen LogP contribution in [-0.2, 0) is 4.74 Å². The van der Waals surface area contributed by atoms with Gasteiger partial charge in [-0.25, -0.2) is 4.79 Å². The first-order chi connectivity index (χ1) is 11.7. The molecule has 0 aromatic heterocycles. The Morgan fingerprint density at radius 2 is 2.00 bits per heavy atom. The third-order valence-corrected chi connectivity index (χ3v) is 4.54. The predicted octanol–water partition coefficient (Wildman–Crippen LogP) is 0.787. The maximum absolute atomic E-state index is 12.3. The molecule has 130 valence electrons. The zero-order chi connectivity index (χ0) is 16.8. The summed E-state index contributed by atoms with van der Waals surface area (Å²) in [6, 6.07) is 9.86. The summed E-state index contributed by atoms with van der Waals surface area (Å²) >= 11 is 0. The minimum absolute atomic E-state index is 0.0134. The van der Waals surface area contributed by atoms with Crippen LogP contribution in [0.2, 0.25) is 0 Å². The molecule has 1 aromatic rings. The number of amides is 2. The van der Waals surface area contributed by atoms with E-state index in [-0.39, 0.29) is 12.1 Å². The number of aliphatic hydroxyl groups is 1. The molecule has 0 unspecified atom stereocenters. The Morgan fingerprint density at radius 3 is 2.75 bits per heavy atom. The average Bonchev–Trinajstić information content (AvgIpc) is 3.02. The Balaban J connectivity index is 1.44. The maximum atomic E-state index is 12.3. The van der Waals surface area contributed by atoms with Crippen LogP contribution >= 0.6 is 0 Å². The number of carbonyl (C=O) groups is 1. The number of hydrogen-bond donors (Lipinski definition) is 2. The SMILES string of the molecule is O=C(NCC=Cc1ccccc1)N1C[C@H](O)[C@@H](N2CCOCC2)C1. The second-order valence-electron chi connectivity index (χ2n) is 6.19. The Bertz CT molecular complexity index is 558. The van der Waals surface area contributed by atoms with Crippen molar-refractivity contribution in [1.82, 2.24) is 15.1 Å². The molecule has 2 atom stereocenters. The molecule has 0 radical (unpaired) electrons. The molecule has 2 heterocycles. The van der Waals surface area contributed by atoms with Gasteiger partial charge in [-0.3, -0.25) is 4.90 Å². The summed E-state index contributed by atoms with van der Waals surface area (Å²) in [4.78, 5) is 16.2. The second kappa shape index (κ2) is 8.28. The van der Waals surface area contributed by atoms with Crippen LogP contribution in [-0.4, -0.2) is 79.0 Å². The molecule has 0 aliphatic carbocycles. The van der Waals surface area contributed by atoms with Crippen LogP contribution in [0.15, 0.2) is 36.4 Å². The summed E-state index contributed by atoms with van der Waals surface area (Å²) in [7, 11) is 0. The lowest BCUT2D eigenvalue weighted by Crippen LogP contribution is -2.49. The van der Waals surface area contributed by atoms with E-state index in [1.165, 1.54) is 0 Å². The van der Waals surface area contributed by atoms with Crippen LogP contribution in [0.5, 0.6) is 0 Å². The number of nitrogens with one attached hydrogen (secondary N) is 1. The molecular formula is C18H25N3O3. The van der Waals surface area contributed by atoms with Crippen LogP contribution in [0.25, 0.3) is 6.08 Å². The highest BCUT2D eigenvalue weighted by Gasteiger charge is 2.37. The van der Waals surface area contributed by atoms with E-state index in [9.17, 15) is 9.90 Å². The second-order valence-corrected chi connectivity index (χ2v) is 6.19. The molecule has 0 spiro atoms. The molecule has 2 N–H and O–H groups in total. The molecule has 2 fully saturated rings. The van der Waals surface area contributed by atoms with Crippen LogP contribution in [0.3, 0.4) is 0 Å². The van der Waals surface area contributed by atoms with Gasteiger partial charge in [0.25, 0.3) is 0 Å². The molecule has 2 aliphatic heterocycles. The number of aliphatic hydroxyl groups excluding tert-OH is 1. The lowest BCUT2D eigenvalue weighted by atomic mass is 10.2. The van der Waals surface area contributed by atoms with Gasteiger partial charge in [-0.1, -0.05) is 42.5 Å². The topological polar surface area (TPSA) is 65.0 Å². The number of nitrogens with zero attached hydrogens (tertiary/aromatic N) is 2. The summed E-state index contributed by atoms with van der Waals surface area (Å²) in [5.41, 5.74) is 1.11. The number of likely N-dealkylation sites (tertiary alicyclic amines) is 1. The van der Waals surface area contributed by atoms with E-state index in [4.69, 9.17) is 4.74 Å². The van der Waals surface area contributed by atoms with Gasteiger partial charge < -0.3 is 20.1 Å². The number of morpholine rings is 1. The number of β-amino-alcohol motifs (C(OH)–C–C–N with tert-alkyl or cyclic N) is 1. The van der Waals surface area contributed by atoms with E-state index in [1.54, 1.807) is 4.90 Å². The van der Waals surface area contributed by atoms with Crippen molar-refractivity contribution in [1.29, 1.82) is 0 Å². The zero-order valence-corrected chi connectivity index (χ0v) is 13.8. The van der Waals surface area contributed by atoms with Gasteiger partial charge >= 0.3 is 6.03 Å². The average molecular weight is 331 g/mol. The highest BCUT2D eigenvalue weighted by atomic mass is 16.5. The van der Waals surface area contributed by atoms with E-state index in [1.807, 2.05) is 42.5 Å². The Morgan fingerprint density at radius 1 is 1.25 bits per heavy atom. The quantitative estimate of drug-likeness (QED) is 0.856. The first kappa shape index (κ1) is 17.0. The predicted molar refractivity (Wildman–Crippen MR) is 92.6 cm³/mol. The molecule has 0 bridgehead atoms.